The normalized spacial score (nSPS) is 20.9. The van der Waals surface area contributed by atoms with Crippen molar-refractivity contribution >= 4 is 34.2 Å². The number of benzene rings is 5. The van der Waals surface area contributed by atoms with Crippen molar-refractivity contribution in [1.29, 1.82) is 0 Å². The fourth-order valence-corrected chi connectivity index (χ4v) is 8.96. The first-order valence-electron chi connectivity index (χ1n) is 21.9. The molecule has 5 nitrogen and oxygen atoms in total. The number of nitrogens with one attached hydrogen (secondary N) is 2. The number of hydrogen-bond donors (Lipinski definition) is 2. The molecular formula is C57H49N5. The molecule has 3 unspecified atom stereocenters. The lowest BCUT2D eigenvalue weighted by Crippen LogP contribution is -2.33. The van der Waals surface area contributed by atoms with E-state index in [9.17, 15) is 0 Å². The number of allylic oxidation sites excluding steroid dienone is 11. The van der Waals surface area contributed by atoms with E-state index >= 15 is 0 Å². The fraction of sp³-hybridized carbons (Fsp3) is 0.158. The lowest BCUT2D eigenvalue weighted by atomic mass is 9.82. The van der Waals surface area contributed by atoms with Crippen LogP contribution < -0.4 is 10.6 Å². The molecule has 5 heteroatoms. The van der Waals surface area contributed by atoms with Crippen LogP contribution in [0.1, 0.15) is 90.1 Å². The maximum absolute atomic E-state index is 5.40. The standard InChI is InChI=1S/C57H49N5/c1-39-37-52(43-19-9-3-10-20-43)58-54(59-53(39)44-21-11-4-12-22-44)47-31-27-41(28-32-47)50-36-35-49(40-17-7-2-8-18-40)38-51(50)42-29-33-48(34-30-42)57-61-55(45-23-13-5-14-24-45)60-56(62-57)46-25-15-6-16-26-46/h2-17,19-27,29,31,33,35-36,38,40,54-55,58H,18,28,30,32,34H2,1H3,(H,60,61,62). The van der Waals surface area contributed by atoms with Gasteiger partial charge in [0.2, 0.25) is 0 Å². The number of nitrogens with zero attached hydrogens (tertiary/aromatic N) is 3. The Morgan fingerprint density at radius 1 is 0.548 bits per heavy atom. The van der Waals surface area contributed by atoms with Gasteiger partial charge in [0.15, 0.2) is 5.84 Å². The summed E-state index contributed by atoms with van der Waals surface area (Å²) >= 11 is 0. The monoisotopic (exact) mass is 803 g/mol. The molecule has 62 heavy (non-hydrogen) atoms. The highest BCUT2D eigenvalue weighted by Crippen LogP contribution is 2.40. The highest BCUT2D eigenvalue weighted by Gasteiger charge is 2.26. The first-order valence-corrected chi connectivity index (χ1v) is 21.9. The molecule has 3 atom stereocenters. The van der Waals surface area contributed by atoms with Gasteiger partial charge < -0.3 is 10.6 Å². The number of aliphatic imine (C=N–C) groups is 3. The van der Waals surface area contributed by atoms with Gasteiger partial charge in [-0.15, -0.1) is 0 Å². The van der Waals surface area contributed by atoms with E-state index in [1.165, 1.54) is 33.4 Å². The topological polar surface area (TPSA) is 61.1 Å². The van der Waals surface area contributed by atoms with E-state index in [4.69, 9.17) is 15.0 Å². The van der Waals surface area contributed by atoms with Crippen LogP contribution in [0.5, 0.6) is 0 Å². The van der Waals surface area contributed by atoms with Crippen molar-refractivity contribution in [3.8, 4) is 0 Å². The number of rotatable bonds is 9. The maximum atomic E-state index is 5.40. The van der Waals surface area contributed by atoms with Gasteiger partial charge in [0, 0.05) is 28.2 Å². The molecule has 5 aromatic carbocycles. The minimum Gasteiger partial charge on any atom is -0.353 e. The van der Waals surface area contributed by atoms with Gasteiger partial charge in [-0.25, -0.2) is 9.98 Å². The molecule has 0 radical (unpaired) electrons. The quantitative estimate of drug-likeness (QED) is 0.146. The molecule has 5 aliphatic rings. The van der Waals surface area contributed by atoms with Gasteiger partial charge in [-0.05, 0) is 83.6 Å². The Morgan fingerprint density at radius 2 is 1.19 bits per heavy atom. The third-order valence-electron chi connectivity index (χ3n) is 12.3. The molecule has 0 fully saturated rings. The molecule has 3 aliphatic carbocycles. The molecule has 0 amide bonds. The van der Waals surface area contributed by atoms with Crippen LogP contribution in [-0.2, 0) is 0 Å². The van der Waals surface area contributed by atoms with Crippen molar-refractivity contribution in [2.45, 2.75) is 57.3 Å². The number of hydrogen-bond acceptors (Lipinski definition) is 5. The van der Waals surface area contributed by atoms with Gasteiger partial charge in [0.1, 0.15) is 18.2 Å². The summed E-state index contributed by atoms with van der Waals surface area (Å²) < 4.78 is 0. The number of amidine groups is 2. The second kappa shape index (κ2) is 17.7. The van der Waals surface area contributed by atoms with Crippen molar-refractivity contribution < 1.29 is 0 Å². The summed E-state index contributed by atoms with van der Waals surface area (Å²) in [4.78, 5) is 15.7. The van der Waals surface area contributed by atoms with Gasteiger partial charge in [0.05, 0.1) is 11.4 Å². The summed E-state index contributed by atoms with van der Waals surface area (Å²) in [6, 6.07) is 49.0. The second-order valence-electron chi connectivity index (χ2n) is 16.4. The molecular weight excluding hydrogens is 755 g/mol. The fourth-order valence-electron chi connectivity index (χ4n) is 8.96. The minimum atomic E-state index is -0.217. The van der Waals surface area contributed by atoms with E-state index in [-0.39, 0.29) is 12.3 Å². The zero-order valence-corrected chi connectivity index (χ0v) is 35.0. The summed E-state index contributed by atoms with van der Waals surface area (Å²) in [6.45, 7) is 2.12. The first kappa shape index (κ1) is 38.8. The highest BCUT2D eigenvalue weighted by molar-refractivity contribution is 6.14. The highest BCUT2D eigenvalue weighted by atomic mass is 15.2. The Balaban J connectivity index is 1.00. The summed E-state index contributed by atoms with van der Waals surface area (Å²) in [5, 5.41) is 7.40. The van der Waals surface area contributed by atoms with E-state index in [0.717, 1.165) is 88.6 Å². The molecule has 2 aliphatic heterocycles. The minimum absolute atomic E-state index is 0.215. The van der Waals surface area contributed by atoms with Crippen molar-refractivity contribution in [3.05, 3.63) is 250 Å². The summed E-state index contributed by atoms with van der Waals surface area (Å²) in [5.41, 5.74) is 20.1. The average molecular weight is 804 g/mol. The Hall–Kier alpha value is -7.33. The smallest absolute Gasteiger partial charge is 0.155 e. The Bertz CT molecular complexity index is 2840. The Kier molecular flexibility index (Phi) is 11.1. The van der Waals surface area contributed by atoms with Crippen LogP contribution >= 0.6 is 0 Å². The van der Waals surface area contributed by atoms with Gasteiger partial charge >= 0.3 is 0 Å². The Morgan fingerprint density at radius 3 is 1.87 bits per heavy atom. The van der Waals surface area contributed by atoms with Crippen molar-refractivity contribution in [2.75, 3.05) is 0 Å². The van der Waals surface area contributed by atoms with Crippen LogP contribution in [0.15, 0.2) is 226 Å². The average Bonchev–Trinajstić information content (AvgIpc) is 3.54. The molecule has 5 aromatic rings. The van der Waals surface area contributed by atoms with E-state index in [1.807, 2.05) is 12.1 Å². The van der Waals surface area contributed by atoms with Crippen LogP contribution in [0.2, 0.25) is 0 Å². The molecule has 0 aromatic heterocycles. The molecule has 0 saturated heterocycles. The maximum Gasteiger partial charge on any atom is 0.155 e. The first-order chi connectivity index (χ1) is 30.6. The summed E-state index contributed by atoms with van der Waals surface area (Å²) in [7, 11) is 0. The Labute approximate surface area is 365 Å². The molecule has 0 saturated carbocycles. The van der Waals surface area contributed by atoms with Gasteiger partial charge in [0.25, 0.3) is 0 Å². The SMILES string of the molecule is CC1=C=C(c2ccccc2)NC(C2=CC=C(c3ccc(C4C=CC=CC4)cc3C3=CC=C(C4=NC(c5ccccc5)NC(c5ccccc5)=N4)CC3)CC2)N=C1c1ccccc1. The van der Waals surface area contributed by atoms with Crippen LogP contribution in [0, 0.1) is 0 Å². The van der Waals surface area contributed by atoms with Gasteiger partial charge in [-0.2, -0.15) is 0 Å². The van der Waals surface area contributed by atoms with E-state index in [1.54, 1.807) is 0 Å². The van der Waals surface area contributed by atoms with Gasteiger partial charge in [-0.1, -0.05) is 194 Å². The molecule has 2 heterocycles. The van der Waals surface area contributed by atoms with Crippen molar-refractivity contribution in [2.24, 2.45) is 15.0 Å². The zero-order chi connectivity index (χ0) is 41.7. The van der Waals surface area contributed by atoms with E-state index in [0.29, 0.717) is 5.92 Å². The van der Waals surface area contributed by atoms with Crippen molar-refractivity contribution in [3.63, 3.8) is 0 Å². The third-order valence-corrected chi connectivity index (χ3v) is 12.3. The van der Waals surface area contributed by atoms with E-state index < -0.39 is 0 Å². The summed E-state index contributed by atoms with van der Waals surface area (Å²) in [5.74, 6) is 2.01. The van der Waals surface area contributed by atoms with Gasteiger partial charge in [-0.3, -0.25) is 4.99 Å². The predicted octanol–water partition coefficient (Wildman–Crippen LogP) is 12.6. The largest absolute Gasteiger partial charge is 0.353 e. The predicted molar refractivity (Wildman–Crippen MR) is 258 cm³/mol. The van der Waals surface area contributed by atoms with Crippen LogP contribution in [0.25, 0.3) is 16.8 Å². The van der Waals surface area contributed by atoms with Crippen LogP contribution in [0.4, 0.5) is 0 Å². The second-order valence-corrected chi connectivity index (χ2v) is 16.4. The molecule has 10 rings (SSSR count). The van der Waals surface area contributed by atoms with Crippen LogP contribution in [-0.4, -0.2) is 23.5 Å². The molecule has 2 N–H and O–H groups in total. The molecule has 0 bridgehead atoms. The zero-order valence-electron chi connectivity index (χ0n) is 35.0. The van der Waals surface area contributed by atoms with Crippen molar-refractivity contribution in [1.82, 2.24) is 10.6 Å². The molecule has 302 valence electrons. The third kappa shape index (κ3) is 8.36. The lowest BCUT2D eigenvalue weighted by Gasteiger charge is -2.26. The van der Waals surface area contributed by atoms with E-state index in [2.05, 4.69) is 199 Å². The molecule has 0 spiro atoms. The lowest BCUT2D eigenvalue weighted by molar-refractivity contribution is 0.673. The summed E-state index contributed by atoms with van der Waals surface area (Å²) in [6.07, 6.45) is 22.3. The van der Waals surface area contributed by atoms with Crippen LogP contribution in [0.3, 0.4) is 0 Å².